The summed E-state index contributed by atoms with van der Waals surface area (Å²) in [5.74, 6) is 1.66. The maximum Gasteiger partial charge on any atom is 0.239 e. The van der Waals surface area contributed by atoms with E-state index in [2.05, 4.69) is 33.9 Å². The van der Waals surface area contributed by atoms with Crippen LogP contribution in [0, 0.1) is 6.92 Å². The monoisotopic (exact) mass is 340 g/mol. The minimum Gasteiger partial charge on any atom is -0.340 e. The first-order valence-electron chi connectivity index (χ1n) is 9.10. The number of nitrogens with zero attached hydrogens (tertiary/aromatic N) is 3. The number of amides is 1. The van der Waals surface area contributed by atoms with E-state index in [9.17, 15) is 4.79 Å². The molecule has 5 nitrogen and oxygen atoms in total. The molecule has 2 heterocycles. The maximum absolute atomic E-state index is 12.7. The molecule has 5 heteroatoms. The third-order valence-corrected chi connectivity index (χ3v) is 5.15. The third-order valence-electron chi connectivity index (χ3n) is 5.15. The van der Waals surface area contributed by atoms with E-state index in [0.717, 1.165) is 25.3 Å². The summed E-state index contributed by atoms with van der Waals surface area (Å²) >= 11 is 0. The lowest BCUT2D eigenvalue weighted by Crippen LogP contribution is -2.44. The van der Waals surface area contributed by atoms with Gasteiger partial charge in [-0.2, -0.15) is 0 Å². The van der Waals surface area contributed by atoms with Crippen LogP contribution in [0.1, 0.15) is 42.6 Å². The van der Waals surface area contributed by atoms with Gasteiger partial charge in [0.05, 0.1) is 6.04 Å². The Morgan fingerprint density at radius 1 is 1.44 bits per heavy atom. The van der Waals surface area contributed by atoms with E-state index in [-0.39, 0.29) is 11.9 Å². The molecule has 0 aliphatic carbocycles. The van der Waals surface area contributed by atoms with Crippen molar-refractivity contribution >= 4 is 5.91 Å². The van der Waals surface area contributed by atoms with Crippen LogP contribution >= 0.6 is 0 Å². The lowest BCUT2D eigenvalue weighted by atomic mass is 9.98. The van der Waals surface area contributed by atoms with E-state index >= 15 is 0 Å². The SMILES string of the molecule is Cc1ccccc1CN(C)C(=O)[C@H](C)NC[C@H]1CCCn2ccnc21. The highest BCUT2D eigenvalue weighted by molar-refractivity contribution is 5.81. The number of fused-ring (bicyclic) bond motifs is 1. The molecular weight excluding hydrogens is 312 g/mol. The van der Waals surface area contributed by atoms with Crippen LogP contribution in [-0.2, 0) is 17.9 Å². The van der Waals surface area contributed by atoms with Crippen LogP contribution in [-0.4, -0.2) is 40.0 Å². The van der Waals surface area contributed by atoms with Crippen LogP contribution in [0.2, 0.25) is 0 Å². The molecule has 1 amide bonds. The summed E-state index contributed by atoms with van der Waals surface area (Å²) in [6.45, 7) is 6.53. The van der Waals surface area contributed by atoms with Gasteiger partial charge in [-0.3, -0.25) is 4.79 Å². The maximum atomic E-state index is 12.7. The van der Waals surface area contributed by atoms with Gasteiger partial charge in [0.1, 0.15) is 5.82 Å². The fraction of sp³-hybridized carbons (Fsp3) is 0.500. The van der Waals surface area contributed by atoms with Crippen molar-refractivity contribution < 1.29 is 4.79 Å². The van der Waals surface area contributed by atoms with Gasteiger partial charge in [0.25, 0.3) is 0 Å². The van der Waals surface area contributed by atoms with E-state index in [4.69, 9.17) is 0 Å². The van der Waals surface area contributed by atoms with Gasteiger partial charge in [-0.1, -0.05) is 24.3 Å². The number of hydrogen-bond donors (Lipinski definition) is 1. The Bertz CT molecular complexity index is 724. The molecule has 1 aliphatic rings. The zero-order valence-electron chi connectivity index (χ0n) is 15.4. The zero-order chi connectivity index (χ0) is 17.8. The molecule has 0 bridgehead atoms. The van der Waals surface area contributed by atoms with Crippen molar-refractivity contribution in [2.24, 2.45) is 0 Å². The molecule has 0 unspecified atom stereocenters. The van der Waals surface area contributed by atoms with Crippen molar-refractivity contribution in [1.29, 1.82) is 0 Å². The molecule has 0 fully saturated rings. The molecule has 3 rings (SSSR count). The first-order valence-corrected chi connectivity index (χ1v) is 9.10. The van der Waals surface area contributed by atoms with Gasteiger partial charge >= 0.3 is 0 Å². The van der Waals surface area contributed by atoms with Crippen molar-refractivity contribution in [1.82, 2.24) is 19.8 Å². The van der Waals surface area contributed by atoms with E-state index < -0.39 is 0 Å². The molecule has 0 saturated carbocycles. The van der Waals surface area contributed by atoms with Crippen molar-refractivity contribution in [2.45, 2.75) is 51.7 Å². The van der Waals surface area contributed by atoms with Gasteiger partial charge in [0.2, 0.25) is 5.91 Å². The van der Waals surface area contributed by atoms with E-state index in [1.54, 1.807) is 0 Å². The summed E-state index contributed by atoms with van der Waals surface area (Å²) in [6, 6.07) is 8.02. The predicted octanol–water partition coefficient (Wildman–Crippen LogP) is 2.71. The number of aryl methyl sites for hydroxylation is 2. The number of imidazole rings is 1. The number of hydrogen-bond acceptors (Lipinski definition) is 3. The Hall–Kier alpha value is -2.14. The second kappa shape index (κ2) is 7.83. The third kappa shape index (κ3) is 4.10. The highest BCUT2D eigenvalue weighted by Crippen LogP contribution is 2.25. The molecule has 1 N–H and O–H groups in total. The Morgan fingerprint density at radius 2 is 2.24 bits per heavy atom. The first-order chi connectivity index (χ1) is 12.1. The average Bonchev–Trinajstić information content (AvgIpc) is 3.10. The van der Waals surface area contributed by atoms with Crippen molar-refractivity contribution in [3.8, 4) is 0 Å². The van der Waals surface area contributed by atoms with E-state index in [1.165, 1.54) is 17.5 Å². The zero-order valence-corrected chi connectivity index (χ0v) is 15.4. The van der Waals surface area contributed by atoms with Gasteiger partial charge in [-0.15, -0.1) is 0 Å². The highest BCUT2D eigenvalue weighted by Gasteiger charge is 2.24. The van der Waals surface area contributed by atoms with Gasteiger partial charge in [-0.05, 0) is 37.8 Å². The van der Waals surface area contributed by atoms with Crippen molar-refractivity contribution in [2.75, 3.05) is 13.6 Å². The summed E-state index contributed by atoms with van der Waals surface area (Å²) in [5.41, 5.74) is 2.41. The van der Waals surface area contributed by atoms with Gasteiger partial charge in [0.15, 0.2) is 0 Å². The number of carbonyl (C=O) groups is 1. The lowest BCUT2D eigenvalue weighted by molar-refractivity contribution is -0.132. The number of aromatic nitrogens is 2. The lowest BCUT2D eigenvalue weighted by Gasteiger charge is -2.27. The number of likely N-dealkylation sites (N-methyl/N-ethyl adjacent to an activating group) is 1. The Balaban J connectivity index is 1.54. The molecule has 25 heavy (non-hydrogen) atoms. The average molecular weight is 340 g/mol. The van der Waals surface area contributed by atoms with Crippen LogP contribution in [0.5, 0.6) is 0 Å². The molecule has 2 aromatic rings. The van der Waals surface area contributed by atoms with Crippen LogP contribution in [0.4, 0.5) is 0 Å². The van der Waals surface area contributed by atoms with Crippen molar-refractivity contribution in [3.05, 3.63) is 53.6 Å². The highest BCUT2D eigenvalue weighted by atomic mass is 16.2. The van der Waals surface area contributed by atoms with Gasteiger partial charge < -0.3 is 14.8 Å². The summed E-state index contributed by atoms with van der Waals surface area (Å²) in [5, 5.41) is 3.42. The van der Waals surface area contributed by atoms with Gasteiger partial charge in [0, 0.05) is 45.0 Å². The minimum atomic E-state index is -0.195. The number of rotatable bonds is 6. The summed E-state index contributed by atoms with van der Waals surface area (Å²) < 4.78 is 2.23. The Kier molecular flexibility index (Phi) is 5.53. The van der Waals surface area contributed by atoms with E-state index in [1.807, 2.05) is 43.4 Å². The quantitative estimate of drug-likeness (QED) is 0.880. The van der Waals surface area contributed by atoms with Crippen LogP contribution in [0.25, 0.3) is 0 Å². The second-order valence-electron chi connectivity index (χ2n) is 7.07. The predicted molar refractivity (Wildman–Crippen MR) is 99.3 cm³/mol. The molecule has 1 aromatic carbocycles. The molecule has 0 radical (unpaired) electrons. The fourth-order valence-corrected chi connectivity index (χ4v) is 3.56. The first kappa shape index (κ1) is 17.7. The van der Waals surface area contributed by atoms with Crippen molar-refractivity contribution in [3.63, 3.8) is 0 Å². The topological polar surface area (TPSA) is 50.2 Å². The molecular formula is C20H28N4O. The van der Waals surface area contributed by atoms with Crippen LogP contribution in [0.3, 0.4) is 0 Å². The molecule has 1 aliphatic heterocycles. The van der Waals surface area contributed by atoms with Crippen LogP contribution < -0.4 is 5.32 Å². The summed E-state index contributed by atoms with van der Waals surface area (Å²) in [4.78, 5) is 19.0. The Morgan fingerprint density at radius 3 is 3.04 bits per heavy atom. The number of benzene rings is 1. The summed E-state index contributed by atoms with van der Waals surface area (Å²) in [7, 11) is 1.88. The van der Waals surface area contributed by atoms with Crippen LogP contribution in [0.15, 0.2) is 36.7 Å². The van der Waals surface area contributed by atoms with E-state index in [0.29, 0.717) is 12.5 Å². The normalized spacial score (nSPS) is 17.8. The fourth-order valence-electron chi connectivity index (χ4n) is 3.56. The molecule has 2 atom stereocenters. The number of nitrogens with one attached hydrogen (secondary N) is 1. The molecule has 0 saturated heterocycles. The minimum absolute atomic E-state index is 0.127. The molecule has 0 spiro atoms. The second-order valence-corrected chi connectivity index (χ2v) is 7.07. The standard InChI is InChI=1S/C20H28N4O/c1-15-7-4-5-8-18(15)14-23(3)20(25)16(2)22-13-17-9-6-11-24-12-10-21-19(17)24/h4-5,7-8,10,12,16-17,22H,6,9,11,13-14H2,1-3H3/t16-,17+/m0/s1. The summed E-state index contributed by atoms with van der Waals surface area (Å²) in [6.07, 6.45) is 6.22. The molecule has 134 valence electrons. The largest absolute Gasteiger partial charge is 0.340 e. The van der Waals surface area contributed by atoms with Gasteiger partial charge in [-0.25, -0.2) is 4.98 Å². The Labute approximate surface area is 150 Å². The number of carbonyl (C=O) groups excluding carboxylic acids is 1. The molecule has 1 aromatic heterocycles. The smallest absolute Gasteiger partial charge is 0.239 e.